The molecule has 0 bridgehead atoms. The third-order valence-electron chi connectivity index (χ3n) is 12.7. The van der Waals surface area contributed by atoms with Crippen LogP contribution in [0.1, 0.15) is 47.7 Å². The van der Waals surface area contributed by atoms with Crippen molar-refractivity contribution in [3.63, 3.8) is 0 Å². The summed E-state index contributed by atoms with van der Waals surface area (Å²) in [5.41, 5.74) is 16.6. The Morgan fingerprint density at radius 1 is 0.561 bits per heavy atom. The van der Waals surface area contributed by atoms with Crippen LogP contribution in [0.2, 0.25) is 0 Å². The number of hydrogen-bond acceptors (Lipinski definition) is 2. The molecule has 1 atom stereocenters. The molecule has 0 aliphatic heterocycles. The van der Waals surface area contributed by atoms with Gasteiger partial charge in [-0.2, -0.15) is 0 Å². The molecule has 2 aliphatic rings. The van der Waals surface area contributed by atoms with E-state index in [4.69, 9.17) is 9.97 Å². The zero-order chi connectivity index (χ0) is 37.8. The summed E-state index contributed by atoms with van der Waals surface area (Å²) in [5.74, 6) is 0.889. The Balaban J connectivity index is 1.07. The van der Waals surface area contributed by atoms with Gasteiger partial charge < -0.3 is 4.57 Å². The van der Waals surface area contributed by atoms with Gasteiger partial charge in [0.1, 0.15) is 0 Å². The number of para-hydroxylation sites is 3. The molecule has 270 valence electrons. The molecule has 4 heteroatoms. The molecule has 0 amide bonds. The van der Waals surface area contributed by atoms with Crippen LogP contribution in [-0.4, -0.2) is 19.1 Å². The summed E-state index contributed by atoms with van der Waals surface area (Å²) in [6.45, 7) is 4.67. The fourth-order valence-corrected chi connectivity index (χ4v) is 10.0. The molecule has 0 saturated carbocycles. The van der Waals surface area contributed by atoms with Gasteiger partial charge in [0.05, 0.1) is 27.8 Å². The van der Waals surface area contributed by atoms with Gasteiger partial charge in [-0.3, -0.25) is 4.57 Å². The lowest BCUT2D eigenvalue weighted by molar-refractivity contribution is 0.661. The summed E-state index contributed by atoms with van der Waals surface area (Å²) < 4.78 is 4.75. The van der Waals surface area contributed by atoms with E-state index < -0.39 is 0 Å². The SMILES string of the molecule is CC1(C)c2ccccc2-c2c1ccc1c(-c3ccccc3)nc(-n3c4c(c5ccccc53)C=CC(c3ccc5c(c3)c3ccccc3n5-c3ccccc3)C4)nc21. The molecule has 0 fully saturated rings. The Kier molecular flexibility index (Phi) is 6.77. The normalized spacial score (nSPS) is 15.4. The van der Waals surface area contributed by atoms with E-state index >= 15 is 0 Å². The molecule has 3 heterocycles. The average Bonchev–Trinajstić information content (AvgIpc) is 3.86. The van der Waals surface area contributed by atoms with E-state index in [1.807, 2.05) is 0 Å². The van der Waals surface area contributed by atoms with Gasteiger partial charge in [0, 0.05) is 60.9 Å². The molecule has 0 saturated heterocycles. The van der Waals surface area contributed by atoms with Crippen LogP contribution in [0.3, 0.4) is 0 Å². The van der Waals surface area contributed by atoms with Crippen LogP contribution in [0.5, 0.6) is 0 Å². The number of hydrogen-bond donors (Lipinski definition) is 0. The molecule has 12 rings (SSSR count). The Morgan fingerprint density at radius 3 is 2.07 bits per heavy atom. The molecule has 0 radical (unpaired) electrons. The highest BCUT2D eigenvalue weighted by atomic mass is 15.2. The van der Waals surface area contributed by atoms with Crippen molar-refractivity contribution in [3.8, 4) is 34.0 Å². The number of fused-ring (bicyclic) bond motifs is 11. The van der Waals surface area contributed by atoms with Crippen LogP contribution >= 0.6 is 0 Å². The zero-order valence-corrected chi connectivity index (χ0v) is 31.8. The average molecular weight is 731 g/mol. The fourth-order valence-electron chi connectivity index (χ4n) is 10.0. The van der Waals surface area contributed by atoms with Crippen molar-refractivity contribution in [2.75, 3.05) is 0 Å². The standard InChI is InChI=1S/C53H38N4/c1-53(2)43-22-12-9-21-40(43)49-44(53)29-28-41-50(33-15-5-3-6-16-33)54-52(55-51(41)49)57-46-24-14-10-19-37(46)39-27-25-35(32-48(39)57)34-26-30-47-42(31-34)38-20-11-13-23-45(38)56(47)36-17-7-4-8-18-36/h3-31,35H,32H2,1-2H3. The second kappa shape index (κ2) is 12.0. The van der Waals surface area contributed by atoms with Crippen LogP contribution in [0.25, 0.3) is 83.7 Å². The van der Waals surface area contributed by atoms with Gasteiger partial charge in [-0.05, 0) is 65.1 Å². The van der Waals surface area contributed by atoms with E-state index in [-0.39, 0.29) is 11.3 Å². The van der Waals surface area contributed by atoms with Gasteiger partial charge >= 0.3 is 0 Å². The largest absolute Gasteiger partial charge is 0.309 e. The van der Waals surface area contributed by atoms with Crippen molar-refractivity contribution >= 4 is 49.7 Å². The van der Waals surface area contributed by atoms with E-state index in [2.05, 4.69) is 199 Å². The van der Waals surface area contributed by atoms with Crippen molar-refractivity contribution in [2.24, 2.45) is 0 Å². The maximum atomic E-state index is 5.63. The van der Waals surface area contributed by atoms with E-state index in [0.29, 0.717) is 5.95 Å². The number of aromatic nitrogens is 4. The fraction of sp³-hybridized carbons (Fsp3) is 0.0943. The van der Waals surface area contributed by atoms with Crippen LogP contribution in [0, 0.1) is 0 Å². The topological polar surface area (TPSA) is 35.6 Å². The van der Waals surface area contributed by atoms with Crippen molar-refractivity contribution in [3.05, 3.63) is 198 Å². The first-order chi connectivity index (χ1) is 28.0. The lowest BCUT2D eigenvalue weighted by Gasteiger charge is -2.22. The minimum absolute atomic E-state index is 0.135. The third kappa shape index (κ3) is 4.61. The summed E-state index contributed by atoms with van der Waals surface area (Å²) in [4.78, 5) is 11.1. The summed E-state index contributed by atoms with van der Waals surface area (Å²) in [5, 5.41) is 4.83. The van der Waals surface area contributed by atoms with Gasteiger partial charge in [-0.1, -0.05) is 153 Å². The molecule has 1 unspecified atom stereocenters. The van der Waals surface area contributed by atoms with Crippen LogP contribution in [0.15, 0.2) is 170 Å². The highest BCUT2D eigenvalue weighted by molar-refractivity contribution is 6.10. The third-order valence-corrected chi connectivity index (χ3v) is 12.7. The zero-order valence-electron chi connectivity index (χ0n) is 31.8. The predicted molar refractivity (Wildman–Crippen MR) is 236 cm³/mol. The molecule has 2 aliphatic carbocycles. The molecule has 7 aromatic carbocycles. The van der Waals surface area contributed by atoms with E-state index in [1.165, 1.54) is 72.0 Å². The van der Waals surface area contributed by atoms with Crippen molar-refractivity contribution in [2.45, 2.75) is 31.6 Å². The number of allylic oxidation sites excluding steroid dienone is 1. The minimum atomic E-state index is -0.135. The number of nitrogens with zero attached hydrogens (tertiary/aromatic N) is 4. The van der Waals surface area contributed by atoms with Crippen LogP contribution < -0.4 is 0 Å². The lowest BCUT2D eigenvalue weighted by Crippen LogP contribution is -2.15. The van der Waals surface area contributed by atoms with Gasteiger partial charge in [0.25, 0.3) is 0 Å². The monoisotopic (exact) mass is 730 g/mol. The minimum Gasteiger partial charge on any atom is -0.309 e. The molecular formula is C53H38N4. The molecule has 10 aromatic rings. The van der Waals surface area contributed by atoms with Crippen LogP contribution in [0.4, 0.5) is 0 Å². The highest BCUT2D eigenvalue weighted by Gasteiger charge is 2.37. The molecule has 4 nitrogen and oxygen atoms in total. The first kappa shape index (κ1) is 32.2. The number of rotatable bonds is 4. The second-order valence-electron chi connectivity index (χ2n) is 16.1. The summed E-state index contributed by atoms with van der Waals surface area (Å²) >= 11 is 0. The maximum Gasteiger partial charge on any atom is 0.235 e. The Bertz CT molecular complexity index is 3290. The predicted octanol–water partition coefficient (Wildman–Crippen LogP) is 13.0. The van der Waals surface area contributed by atoms with Crippen molar-refractivity contribution < 1.29 is 0 Å². The Hall–Kier alpha value is -7.04. The van der Waals surface area contributed by atoms with Crippen molar-refractivity contribution in [1.29, 1.82) is 0 Å². The van der Waals surface area contributed by atoms with Gasteiger partial charge in [-0.25, -0.2) is 9.97 Å². The smallest absolute Gasteiger partial charge is 0.235 e. The first-order valence-electron chi connectivity index (χ1n) is 19.9. The Morgan fingerprint density at radius 2 is 1.25 bits per heavy atom. The Labute approximate surface area is 331 Å². The molecule has 0 spiro atoms. The summed E-state index contributed by atoms with van der Waals surface area (Å²) in [6.07, 6.45) is 5.57. The van der Waals surface area contributed by atoms with Crippen molar-refractivity contribution in [1.82, 2.24) is 19.1 Å². The maximum absolute atomic E-state index is 5.63. The van der Waals surface area contributed by atoms with E-state index in [9.17, 15) is 0 Å². The molecule has 0 N–H and O–H groups in total. The quantitative estimate of drug-likeness (QED) is 0.181. The summed E-state index contributed by atoms with van der Waals surface area (Å²) in [7, 11) is 0. The van der Waals surface area contributed by atoms with Gasteiger partial charge in [0.2, 0.25) is 5.95 Å². The highest BCUT2D eigenvalue weighted by Crippen LogP contribution is 2.52. The first-order valence-corrected chi connectivity index (χ1v) is 19.9. The van der Waals surface area contributed by atoms with Gasteiger partial charge in [-0.15, -0.1) is 0 Å². The van der Waals surface area contributed by atoms with E-state index in [0.717, 1.165) is 34.1 Å². The van der Waals surface area contributed by atoms with Crippen LogP contribution in [-0.2, 0) is 11.8 Å². The molecular weight excluding hydrogens is 693 g/mol. The van der Waals surface area contributed by atoms with Gasteiger partial charge in [0.15, 0.2) is 0 Å². The molecule has 3 aromatic heterocycles. The summed E-state index contributed by atoms with van der Waals surface area (Å²) in [6, 6.07) is 59.3. The number of benzene rings is 7. The lowest BCUT2D eigenvalue weighted by atomic mass is 9.82. The molecule has 57 heavy (non-hydrogen) atoms. The van der Waals surface area contributed by atoms with E-state index in [1.54, 1.807) is 0 Å². The second-order valence-corrected chi connectivity index (χ2v) is 16.1.